The molecular formula is C9H12N6O2S. The molecule has 2 aromatic heterocycles. The van der Waals surface area contributed by atoms with E-state index in [-0.39, 0.29) is 11.7 Å². The van der Waals surface area contributed by atoms with E-state index in [2.05, 4.69) is 30.5 Å². The second-order valence-electron chi connectivity index (χ2n) is 3.44. The van der Waals surface area contributed by atoms with Gasteiger partial charge >= 0.3 is 0 Å². The Hall–Kier alpha value is -1.90. The lowest BCUT2D eigenvalue weighted by Gasteiger charge is -2.01. The molecule has 96 valence electrons. The van der Waals surface area contributed by atoms with E-state index in [0.717, 1.165) is 10.9 Å². The summed E-state index contributed by atoms with van der Waals surface area (Å²) in [5.41, 5.74) is 0.364. The predicted molar refractivity (Wildman–Crippen MR) is 65.0 cm³/mol. The molecule has 18 heavy (non-hydrogen) atoms. The Kier molecular flexibility index (Phi) is 3.60. The molecule has 9 heteroatoms. The Balaban J connectivity index is 2.37. The van der Waals surface area contributed by atoms with E-state index in [1.54, 1.807) is 16.3 Å². The number of aromatic nitrogens is 5. The van der Waals surface area contributed by atoms with Crippen LogP contribution >= 0.6 is 11.8 Å². The molecule has 0 aliphatic carbocycles. The van der Waals surface area contributed by atoms with Gasteiger partial charge in [-0.3, -0.25) is 4.79 Å². The summed E-state index contributed by atoms with van der Waals surface area (Å²) in [6.45, 7) is 3.41. The van der Waals surface area contributed by atoms with Crippen LogP contribution in [0.1, 0.15) is 13.8 Å². The molecule has 1 N–H and O–H groups in total. The lowest BCUT2D eigenvalue weighted by molar-refractivity contribution is -0.114. The van der Waals surface area contributed by atoms with E-state index in [0.29, 0.717) is 11.5 Å². The summed E-state index contributed by atoms with van der Waals surface area (Å²) in [5, 5.41) is 18.7. The molecule has 0 aliphatic heterocycles. The SMILES string of the molecule is CCSc1nnc(-c2nonc2NC(C)=O)n1C. The summed E-state index contributed by atoms with van der Waals surface area (Å²) in [6.07, 6.45) is 0. The molecule has 1 amide bonds. The zero-order valence-electron chi connectivity index (χ0n) is 10.2. The van der Waals surface area contributed by atoms with Crippen molar-refractivity contribution in [2.45, 2.75) is 19.0 Å². The Morgan fingerprint density at radius 1 is 1.44 bits per heavy atom. The second-order valence-corrected chi connectivity index (χ2v) is 4.67. The van der Waals surface area contributed by atoms with Gasteiger partial charge in [0.1, 0.15) is 0 Å². The first-order valence-electron chi connectivity index (χ1n) is 5.26. The first kappa shape index (κ1) is 12.6. The van der Waals surface area contributed by atoms with E-state index in [4.69, 9.17) is 0 Å². The van der Waals surface area contributed by atoms with Crippen molar-refractivity contribution in [2.24, 2.45) is 7.05 Å². The molecular weight excluding hydrogens is 256 g/mol. The third-order valence-electron chi connectivity index (χ3n) is 2.10. The van der Waals surface area contributed by atoms with Crippen LogP contribution in [0.15, 0.2) is 9.79 Å². The largest absolute Gasteiger partial charge is 0.306 e. The smallest absolute Gasteiger partial charge is 0.222 e. The molecule has 0 unspecified atom stereocenters. The molecule has 0 spiro atoms. The highest BCUT2D eigenvalue weighted by Crippen LogP contribution is 2.25. The summed E-state index contributed by atoms with van der Waals surface area (Å²) in [4.78, 5) is 11.0. The monoisotopic (exact) mass is 268 g/mol. The molecule has 0 radical (unpaired) electrons. The minimum atomic E-state index is -0.253. The van der Waals surface area contributed by atoms with Gasteiger partial charge in [-0.25, -0.2) is 4.63 Å². The Morgan fingerprint density at radius 3 is 2.89 bits per heavy atom. The van der Waals surface area contributed by atoms with Crippen LogP contribution in [0.2, 0.25) is 0 Å². The molecule has 0 bridgehead atoms. The summed E-state index contributed by atoms with van der Waals surface area (Å²) in [7, 11) is 1.82. The fourth-order valence-electron chi connectivity index (χ4n) is 1.36. The quantitative estimate of drug-likeness (QED) is 0.823. The van der Waals surface area contributed by atoms with Gasteiger partial charge in [0.25, 0.3) is 0 Å². The highest BCUT2D eigenvalue weighted by atomic mass is 32.2. The van der Waals surface area contributed by atoms with Gasteiger partial charge in [0.05, 0.1) is 0 Å². The lowest BCUT2D eigenvalue weighted by Crippen LogP contribution is -2.08. The first-order chi connectivity index (χ1) is 8.63. The fraction of sp³-hybridized carbons (Fsp3) is 0.444. The number of hydrogen-bond acceptors (Lipinski definition) is 7. The van der Waals surface area contributed by atoms with Gasteiger partial charge in [0.15, 0.2) is 16.7 Å². The average Bonchev–Trinajstić information content (AvgIpc) is 2.87. The van der Waals surface area contributed by atoms with Gasteiger partial charge in [-0.2, -0.15) is 0 Å². The van der Waals surface area contributed by atoms with Gasteiger partial charge in [-0.15, -0.1) is 10.2 Å². The highest BCUT2D eigenvalue weighted by molar-refractivity contribution is 7.99. The van der Waals surface area contributed by atoms with Crippen LogP contribution in [0.4, 0.5) is 5.82 Å². The minimum Gasteiger partial charge on any atom is -0.306 e. The molecule has 0 saturated carbocycles. The normalized spacial score (nSPS) is 10.6. The number of carbonyl (C=O) groups excluding carboxylic acids is 1. The molecule has 2 heterocycles. The number of carbonyl (C=O) groups is 1. The zero-order valence-corrected chi connectivity index (χ0v) is 11.0. The fourth-order valence-corrected chi connectivity index (χ4v) is 2.00. The topological polar surface area (TPSA) is 98.7 Å². The standard InChI is InChI=1S/C9H12N6O2S/c1-4-18-9-12-11-8(15(9)3)6-7(10-5(2)16)14-17-13-6/h4H2,1-3H3,(H,10,14,16). The maximum atomic E-state index is 11.0. The van der Waals surface area contributed by atoms with Crippen LogP contribution < -0.4 is 5.32 Å². The zero-order chi connectivity index (χ0) is 13.1. The molecule has 0 aromatic carbocycles. The van der Waals surface area contributed by atoms with Crippen LogP contribution in [0, 0.1) is 0 Å². The van der Waals surface area contributed by atoms with Crippen molar-refractivity contribution in [2.75, 3.05) is 11.1 Å². The van der Waals surface area contributed by atoms with Crippen molar-refractivity contribution < 1.29 is 9.42 Å². The van der Waals surface area contributed by atoms with Crippen LogP contribution in [-0.2, 0) is 11.8 Å². The molecule has 8 nitrogen and oxygen atoms in total. The molecule has 0 aliphatic rings. The number of nitrogens with one attached hydrogen (secondary N) is 1. The number of rotatable bonds is 4. The van der Waals surface area contributed by atoms with Gasteiger partial charge in [-0.05, 0) is 16.1 Å². The number of amides is 1. The Labute approximate surface area is 107 Å². The van der Waals surface area contributed by atoms with Crippen molar-refractivity contribution in [3.63, 3.8) is 0 Å². The molecule has 0 saturated heterocycles. The highest BCUT2D eigenvalue weighted by Gasteiger charge is 2.20. The third-order valence-corrected chi connectivity index (χ3v) is 3.01. The lowest BCUT2D eigenvalue weighted by atomic mass is 10.4. The minimum absolute atomic E-state index is 0.242. The van der Waals surface area contributed by atoms with Gasteiger partial charge < -0.3 is 9.88 Å². The summed E-state index contributed by atoms with van der Waals surface area (Å²) < 4.78 is 6.40. The van der Waals surface area contributed by atoms with Crippen LogP contribution in [0.5, 0.6) is 0 Å². The van der Waals surface area contributed by atoms with E-state index in [9.17, 15) is 4.79 Å². The summed E-state index contributed by atoms with van der Waals surface area (Å²) in [6, 6.07) is 0. The van der Waals surface area contributed by atoms with E-state index < -0.39 is 0 Å². The van der Waals surface area contributed by atoms with Crippen molar-refractivity contribution in [3.05, 3.63) is 0 Å². The van der Waals surface area contributed by atoms with Crippen LogP contribution in [0.25, 0.3) is 11.5 Å². The van der Waals surface area contributed by atoms with Crippen molar-refractivity contribution in [1.82, 2.24) is 25.1 Å². The molecule has 0 fully saturated rings. The van der Waals surface area contributed by atoms with Crippen LogP contribution in [0.3, 0.4) is 0 Å². The van der Waals surface area contributed by atoms with Gasteiger partial charge in [0, 0.05) is 14.0 Å². The number of hydrogen-bond donors (Lipinski definition) is 1. The van der Waals surface area contributed by atoms with E-state index >= 15 is 0 Å². The number of nitrogens with zero attached hydrogens (tertiary/aromatic N) is 5. The Bertz CT molecular complexity index is 563. The van der Waals surface area contributed by atoms with E-state index in [1.807, 2.05) is 14.0 Å². The average molecular weight is 268 g/mol. The van der Waals surface area contributed by atoms with E-state index in [1.165, 1.54) is 6.92 Å². The molecule has 0 atom stereocenters. The predicted octanol–water partition coefficient (Wildman–Crippen LogP) is 0.935. The molecule has 2 rings (SSSR count). The van der Waals surface area contributed by atoms with Crippen LogP contribution in [-0.4, -0.2) is 36.7 Å². The maximum Gasteiger partial charge on any atom is 0.222 e. The van der Waals surface area contributed by atoms with Gasteiger partial charge in [-0.1, -0.05) is 18.7 Å². The summed E-state index contributed by atoms with van der Waals surface area (Å²) in [5.74, 6) is 1.38. The van der Waals surface area contributed by atoms with Crippen molar-refractivity contribution >= 4 is 23.5 Å². The van der Waals surface area contributed by atoms with Crippen molar-refractivity contribution in [3.8, 4) is 11.5 Å². The number of thioether (sulfide) groups is 1. The third kappa shape index (κ3) is 2.35. The Morgan fingerprint density at radius 2 is 2.22 bits per heavy atom. The summed E-state index contributed by atoms with van der Waals surface area (Å²) >= 11 is 1.56. The number of anilines is 1. The van der Waals surface area contributed by atoms with Crippen molar-refractivity contribution in [1.29, 1.82) is 0 Å². The maximum absolute atomic E-state index is 11.0. The second kappa shape index (κ2) is 5.17. The first-order valence-corrected chi connectivity index (χ1v) is 6.24. The van der Waals surface area contributed by atoms with Gasteiger partial charge in [0.2, 0.25) is 11.7 Å². The molecule has 2 aromatic rings.